The number of hydrogen-bond acceptors (Lipinski definition) is 6. The predicted octanol–water partition coefficient (Wildman–Crippen LogP) is 8.29. The molecule has 51 heavy (non-hydrogen) atoms. The van der Waals surface area contributed by atoms with Crippen molar-refractivity contribution in [1.82, 2.24) is 15.0 Å². The van der Waals surface area contributed by atoms with Crippen LogP contribution in [-0.2, 0) is 20.8 Å². The number of aromatic nitrogens is 3. The van der Waals surface area contributed by atoms with E-state index in [1.54, 1.807) is 18.6 Å². The summed E-state index contributed by atoms with van der Waals surface area (Å²) in [7, 11) is 0. The van der Waals surface area contributed by atoms with Gasteiger partial charge in [-0.1, -0.05) is 97.1 Å². The molecule has 0 saturated heterocycles. The first-order chi connectivity index (χ1) is 25.0. The van der Waals surface area contributed by atoms with Crippen molar-refractivity contribution in [3.8, 4) is 33.8 Å². The number of benzene rings is 3. The monoisotopic (exact) mass is 671 g/mol. The number of anilines is 2. The third kappa shape index (κ3) is 8.31. The lowest BCUT2D eigenvalue weighted by Crippen LogP contribution is -2.39. The van der Waals surface area contributed by atoms with Gasteiger partial charge in [0, 0.05) is 47.1 Å². The Morgan fingerprint density at radius 3 is 1.24 bits per heavy atom. The molecular formula is C43H37N5O3. The number of rotatable bonds is 10. The SMILES string of the molecule is O=C(Cc1ccc(-c2ccccc2)nc1)C1CC(C(=O)Nc2ccc(-c3ccccc3)nc2)CC(C(=O)Nc2ccc(-c3ccccc3)nc2)C1. The van der Waals surface area contributed by atoms with Crippen molar-refractivity contribution in [2.24, 2.45) is 17.8 Å². The summed E-state index contributed by atoms with van der Waals surface area (Å²) < 4.78 is 0. The van der Waals surface area contributed by atoms with Crippen LogP contribution >= 0.6 is 0 Å². The number of carbonyl (C=O) groups is 3. The zero-order chi connectivity index (χ0) is 35.0. The summed E-state index contributed by atoms with van der Waals surface area (Å²) in [5, 5.41) is 5.98. The molecular weight excluding hydrogens is 635 g/mol. The van der Waals surface area contributed by atoms with Crippen molar-refractivity contribution >= 4 is 29.0 Å². The molecule has 1 fully saturated rings. The van der Waals surface area contributed by atoms with Crippen LogP contribution < -0.4 is 10.6 Å². The molecule has 0 bridgehead atoms. The molecule has 2 amide bonds. The van der Waals surface area contributed by atoms with E-state index < -0.39 is 17.8 Å². The number of ketones is 1. The van der Waals surface area contributed by atoms with Crippen LogP contribution in [0.2, 0.25) is 0 Å². The number of carbonyl (C=O) groups excluding carboxylic acids is 3. The summed E-state index contributed by atoms with van der Waals surface area (Å²) in [4.78, 5) is 54.9. The molecule has 7 rings (SSSR count). The van der Waals surface area contributed by atoms with Crippen LogP contribution in [0.1, 0.15) is 24.8 Å². The quantitative estimate of drug-likeness (QED) is 0.152. The summed E-state index contributed by atoms with van der Waals surface area (Å²) in [6.45, 7) is 0. The summed E-state index contributed by atoms with van der Waals surface area (Å²) >= 11 is 0. The highest BCUT2D eigenvalue weighted by Crippen LogP contribution is 2.36. The van der Waals surface area contributed by atoms with Crippen molar-refractivity contribution in [3.05, 3.63) is 152 Å². The lowest BCUT2D eigenvalue weighted by molar-refractivity contribution is -0.130. The van der Waals surface area contributed by atoms with Crippen LogP contribution in [-0.4, -0.2) is 32.5 Å². The minimum Gasteiger partial charge on any atom is -0.324 e. The Morgan fingerprint density at radius 2 is 0.863 bits per heavy atom. The van der Waals surface area contributed by atoms with E-state index in [1.807, 2.05) is 127 Å². The molecule has 3 aromatic heterocycles. The first-order valence-electron chi connectivity index (χ1n) is 17.2. The Labute approximate surface area is 297 Å². The standard InChI is InChI=1S/C43H37N5O3/c49-41(22-29-16-19-38(44-26-29)30-10-4-1-5-11-30)33-23-34(42(50)47-36-17-20-39(45-27-36)31-12-6-2-7-13-31)25-35(24-33)43(51)48-37-18-21-40(46-28-37)32-14-8-3-9-15-32/h1-21,26-28,33-35H,22-25H2,(H,47,50)(H,48,51). The van der Waals surface area contributed by atoms with Gasteiger partial charge in [0.05, 0.1) is 40.9 Å². The highest BCUT2D eigenvalue weighted by atomic mass is 16.2. The van der Waals surface area contributed by atoms with Gasteiger partial charge in [0.25, 0.3) is 0 Å². The predicted molar refractivity (Wildman–Crippen MR) is 199 cm³/mol. The second-order valence-corrected chi connectivity index (χ2v) is 12.9. The van der Waals surface area contributed by atoms with E-state index in [4.69, 9.17) is 0 Å². The van der Waals surface area contributed by atoms with Crippen LogP contribution in [0.15, 0.2) is 146 Å². The third-order valence-corrected chi connectivity index (χ3v) is 9.38. The normalized spacial score (nSPS) is 16.9. The largest absolute Gasteiger partial charge is 0.324 e. The van der Waals surface area contributed by atoms with Crippen molar-refractivity contribution < 1.29 is 14.4 Å². The molecule has 0 radical (unpaired) electrons. The van der Waals surface area contributed by atoms with Crippen LogP contribution in [0.3, 0.4) is 0 Å². The summed E-state index contributed by atoms with van der Waals surface area (Å²) in [5.74, 6) is -2.05. The van der Waals surface area contributed by atoms with E-state index in [0.29, 0.717) is 30.6 Å². The Balaban J connectivity index is 1.06. The average Bonchev–Trinajstić information content (AvgIpc) is 3.19. The fourth-order valence-electron chi connectivity index (χ4n) is 6.65. The number of nitrogens with one attached hydrogen (secondary N) is 2. The minimum atomic E-state index is -0.547. The molecule has 3 aromatic carbocycles. The van der Waals surface area contributed by atoms with Gasteiger partial charge in [0.2, 0.25) is 11.8 Å². The Bertz CT molecular complexity index is 1840. The summed E-state index contributed by atoms with van der Waals surface area (Å²) in [6, 6.07) is 40.7. The van der Waals surface area contributed by atoms with E-state index in [-0.39, 0.29) is 24.0 Å². The molecule has 8 heteroatoms. The maximum Gasteiger partial charge on any atom is 0.227 e. The number of hydrogen-bond donors (Lipinski definition) is 2. The van der Waals surface area contributed by atoms with Gasteiger partial charge in [-0.3, -0.25) is 29.3 Å². The van der Waals surface area contributed by atoms with Crippen LogP contribution in [0.4, 0.5) is 11.4 Å². The molecule has 1 aliphatic rings. The molecule has 2 atom stereocenters. The Hall–Kier alpha value is -6.28. The number of Topliss-reactive ketones (excluding diaryl/α,β-unsaturated/α-hetero) is 1. The van der Waals surface area contributed by atoms with E-state index in [2.05, 4.69) is 25.6 Å². The van der Waals surface area contributed by atoms with Gasteiger partial charge in [-0.2, -0.15) is 0 Å². The molecule has 252 valence electrons. The Morgan fingerprint density at radius 1 is 0.471 bits per heavy atom. The molecule has 2 N–H and O–H groups in total. The van der Waals surface area contributed by atoms with Crippen molar-refractivity contribution in [2.75, 3.05) is 10.6 Å². The second kappa shape index (κ2) is 15.5. The summed E-state index contributed by atoms with van der Waals surface area (Å²) in [6.07, 6.45) is 6.20. The fourth-order valence-corrected chi connectivity index (χ4v) is 6.65. The minimum absolute atomic E-state index is 0.0117. The van der Waals surface area contributed by atoms with Gasteiger partial charge in [-0.05, 0) is 55.2 Å². The molecule has 6 aromatic rings. The number of pyridine rings is 3. The lowest BCUT2D eigenvalue weighted by Gasteiger charge is -2.33. The molecule has 0 spiro atoms. The van der Waals surface area contributed by atoms with E-state index in [0.717, 1.165) is 39.3 Å². The van der Waals surface area contributed by atoms with Gasteiger partial charge in [-0.25, -0.2) is 0 Å². The molecule has 2 unspecified atom stereocenters. The highest BCUT2D eigenvalue weighted by Gasteiger charge is 2.39. The van der Waals surface area contributed by atoms with Crippen molar-refractivity contribution in [3.63, 3.8) is 0 Å². The van der Waals surface area contributed by atoms with Gasteiger partial charge in [-0.15, -0.1) is 0 Å². The van der Waals surface area contributed by atoms with Crippen molar-refractivity contribution in [2.45, 2.75) is 25.7 Å². The smallest absolute Gasteiger partial charge is 0.227 e. The van der Waals surface area contributed by atoms with Crippen LogP contribution in [0.25, 0.3) is 33.8 Å². The van der Waals surface area contributed by atoms with Crippen LogP contribution in [0.5, 0.6) is 0 Å². The maximum absolute atomic E-state index is 13.8. The molecule has 1 aliphatic carbocycles. The fraction of sp³-hybridized carbons (Fsp3) is 0.163. The number of nitrogens with zero attached hydrogens (tertiary/aromatic N) is 3. The van der Waals surface area contributed by atoms with E-state index in [1.165, 1.54) is 0 Å². The molecule has 3 heterocycles. The average molecular weight is 672 g/mol. The van der Waals surface area contributed by atoms with Gasteiger partial charge < -0.3 is 10.6 Å². The van der Waals surface area contributed by atoms with Gasteiger partial charge in [0.1, 0.15) is 5.78 Å². The zero-order valence-electron chi connectivity index (χ0n) is 28.0. The van der Waals surface area contributed by atoms with Gasteiger partial charge >= 0.3 is 0 Å². The number of amides is 2. The van der Waals surface area contributed by atoms with Crippen LogP contribution in [0, 0.1) is 17.8 Å². The topological polar surface area (TPSA) is 114 Å². The third-order valence-electron chi connectivity index (χ3n) is 9.38. The molecule has 1 saturated carbocycles. The Kier molecular flexibility index (Phi) is 10.1. The van der Waals surface area contributed by atoms with Crippen molar-refractivity contribution in [1.29, 1.82) is 0 Å². The summed E-state index contributed by atoms with van der Waals surface area (Å²) in [5.41, 5.74) is 7.29. The molecule has 8 nitrogen and oxygen atoms in total. The zero-order valence-corrected chi connectivity index (χ0v) is 28.0. The highest BCUT2D eigenvalue weighted by molar-refractivity contribution is 5.97. The van der Waals surface area contributed by atoms with E-state index in [9.17, 15) is 14.4 Å². The van der Waals surface area contributed by atoms with Gasteiger partial charge in [0.15, 0.2) is 0 Å². The lowest BCUT2D eigenvalue weighted by atomic mass is 9.72. The van der Waals surface area contributed by atoms with E-state index >= 15 is 0 Å². The second-order valence-electron chi connectivity index (χ2n) is 12.9. The maximum atomic E-state index is 13.8. The first kappa shape index (κ1) is 33.2. The molecule has 0 aliphatic heterocycles. The first-order valence-corrected chi connectivity index (χ1v) is 17.2.